The van der Waals surface area contributed by atoms with Crippen LogP contribution in [0.15, 0.2) is 27.1 Å². The van der Waals surface area contributed by atoms with Gasteiger partial charge in [-0.3, -0.25) is 19.2 Å². The highest BCUT2D eigenvalue weighted by atomic mass is 32.2. The first-order valence-electron chi connectivity index (χ1n) is 16.3. The van der Waals surface area contributed by atoms with Gasteiger partial charge in [0, 0.05) is 48.6 Å². The van der Waals surface area contributed by atoms with Crippen molar-refractivity contribution < 1.29 is 19.4 Å². The molecule has 4 fully saturated rings. The summed E-state index contributed by atoms with van der Waals surface area (Å²) in [6, 6.07) is -0.0132. The molecule has 1 unspecified atom stereocenters. The van der Waals surface area contributed by atoms with E-state index in [1.807, 2.05) is 27.0 Å². The number of thioether (sulfide) groups is 2. The standard InChI is InChI=1S/C34H50N2O6S2/c1-8-32(5)16-24(33(6)20(3)10-12-34(21(4)31(32)41)13-11-23(37)30(33)34)42-25(38)19-43-18-22-17-35(7)14-15-36(22)26-27(39)28(40)29(26)44-9-2/h8,20-22,24,30-31,41H,1,9-19H2,2-7H3/t20-,21+,22?,24-,30+,31+,32-,33+,34+/m1/s1. The fraction of sp³-hybridized carbons (Fsp3) is 0.765. The zero-order valence-electron chi connectivity index (χ0n) is 27.2. The molecule has 4 aliphatic rings. The summed E-state index contributed by atoms with van der Waals surface area (Å²) in [5, 5.41) is 11.7. The molecule has 1 saturated heterocycles. The molecule has 0 spiro atoms. The van der Waals surface area contributed by atoms with Crippen LogP contribution in [0.4, 0.5) is 5.69 Å². The molecule has 1 aliphatic heterocycles. The monoisotopic (exact) mass is 646 g/mol. The minimum absolute atomic E-state index is 0.0132. The number of nitrogens with zero attached hydrogens (tertiary/aromatic N) is 2. The molecule has 3 aliphatic carbocycles. The zero-order valence-corrected chi connectivity index (χ0v) is 28.9. The molecule has 1 aromatic rings. The van der Waals surface area contributed by atoms with E-state index in [-0.39, 0.29) is 52.1 Å². The lowest BCUT2D eigenvalue weighted by molar-refractivity contribution is -0.205. The van der Waals surface area contributed by atoms with E-state index in [2.05, 4.69) is 37.1 Å². The number of ketones is 1. The third-order valence-electron chi connectivity index (χ3n) is 12.2. The molecule has 8 nitrogen and oxygen atoms in total. The van der Waals surface area contributed by atoms with Crippen LogP contribution in [0.2, 0.25) is 0 Å². The maximum atomic E-state index is 13.6. The van der Waals surface area contributed by atoms with Gasteiger partial charge < -0.3 is 19.6 Å². The SMILES string of the molecule is C=C[C@]1(C)C[C@@H](OC(=O)CSCC2CN(C)CCN2c2c(SCC)c(=O)c2=O)[C@]2(C)[C@H](C)CC[C@]3(CCC(=O)[C@H]32)[C@@H](C)[C@@H]1O. The predicted molar refractivity (Wildman–Crippen MR) is 178 cm³/mol. The summed E-state index contributed by atoms with van der Waals surface area (Å²) >= 11 is 2.91. The molecule has 0 amide bonds. The highest BCUT2D eigenvalue weighted by Crippen LogP contribution is 2.68. The molecule has 1 aromatic carbocycles. The van der Waals surface area contributed by atoms with Crippen molar-refractivity contribution in [2.45, 2.75) is 89.9 Å². The summed E-state index contributed by atoms with van der Waals surface area (Å²) in [5.41, 5.74) is -1.76. The molecule has 244 valence electrons. The van der Waals surface area contributed by atoms with Gasteiger partial charge in [0.2, 0.25) is 5.43 Å². The molecule has 44 heavy (non-hydrogen) atoms. The second-order valence-electron chi connectivity index (χ2n) is 14.5. The maximum Gasteiger partial charge on any atom is 0.316 e. The van der Waals surface area contributed by atoms with E-state index in [0.29, 0.717) is 35.7 Å². The molecule has 3 saturated carbocycles. The molecule has 0 aromatic heterocycles. The third kappa shape index (κ3) is 5.33. The molecular formula is C34H50N2O6S2. The smallest absolute Gasteiger partial charge is 0.316 e. The van der Waals surface area contributed by atoms with Gasteiger partial charge in [0.05, 0.1) is 22.8 Å². The molecule has 5 rings (SSSR count). The average Bonchev–Trinajstić information content (AvgIpc) is 3.35. The number of hydrogen-bond acceptors (Lipinski definition) is 10. The number of carbonyl (C=O) groups is 2. The molecule has 10 heteroatoms. The van der Waals surface area contributed by atoms with Crippen molar-refractivity contribution in [3.8, 4) is 0 Å². The average molecular weight is 647 g/mol. The van der Waals surface area contributed by atoms with E-state index in [1.165, 1.54) is 23.5 Å². The lowest BCUT2D eigenvalue weighted by Gasteiger charge is -2.61. The van der Waals surface area contributed by atoms with Gasteiger partial charge in [-0.2, -0.15) is 0 Å². The Kier molecular flexibility index (Phi) is 9.61. The summed E-state index contributed by atoms with van der Waals surface area (Å²) in [4.78, 5) is 56.9. The first kappa shape index (κ1) is 33.7. The normalized spacial score (nSPS) is 39.5. The summed E-state index contributed by atoms with van der Waals surface area (Å²) in [5.74, 6) is 1.27. The van der Waals surface area contributed by atoms with Crippen LogP contribution in [0.1, 0.15) is 66.7 Å². The van der Waals surface area contributed by atoms with Crippen molar-refractivity contribution in [3.63, 3.8) is 0 Å². The Morgan fingerprint density at radius 1 is 1.16 bits per heavy atom. The van der Waals surface area contributed by atoms with Crippen molar-refractivity contribution in [2.75, 3.05) is 48.8 Å². The highest BCUT2D eigenvalue weighted by Gasteiger charge is 2.68. The van der Waals surface area contributed by atoms with Gasteiger partial charge in [0.1, 0.15) is 17.6 Å². The van der Waals surface area contributed by atoms with Crippen LogP contribution in [0.25, 0.3) is 0 Å². The number of rotatable bonds is 9. The van der Waals surface area contributed by atoms with Gasteiger partial charge in [0.15, 0.2) is 0 Å². The van der Waals surface area contributed by atoms with Crippen LogP contribution >= 0.6 is 23.5 Å². The fourth-order valence-corrected chi connectivity index (χ4v) is 11.1. The minimum atomic E-state index is -0.692. The van der Waals surface area contributed by atoms with Gasteiger partial charge >= 0.3 is 5.97 Å². The predicted octanol–water partition coefficient (Wildman–Crippen LogP) is 4.15. The minimum Gasteiger partial charge on any atom is -0.461 e. The van der Waals surface area contributed by atoms with Gasteiger partial charge in [-0.1, -0.05) is 40.7 Å². The van der Waals surface area contributed by atoms with Crippen molar-refractivity contribution in [3.05, 3.63) is 33.1 Å². The molecule has 2 bridgehead atoms. The maximum absolute atomic E-state index is 13.6. The number of likely N-dealkylation sites (N-methyl/N-ethyl adjacent to an activating group) is 1. The van der Waals surface area contributed by atoms with E-state index >= 15 is 0 Å². The number of ether oxygens (including phenoxy) is 1. The van der Waals surface area contributed by atoms with Crippen LogP contribution < -0.4 is 15.8 Å². The zero-order chi connectivity index (χ0) is 32.2. The number of hydrogen-bond donors (Lipinski definition) is 1. The molecule has 9 atom stereocenters. The second kappa shape index (κ2) is 12.5. The van der Waals surface area contributed by atoms with Crippen LogP contribution in [-0.2, 0) is 14.3 Å². The van der Waals surface area contributed by atoms with Gasteiger partial charge in [-0.15, -0.1) is 30.1 Å². The van der Waals surface area contributed by atoms with Gasteiger partial charge in [0.25, 0.3) is 5.43 Å². The Bertz CT molecular complexity index is 1360. The number of aliphatic hydroxyl groups is 1. The third-order valence-corrected chi connectivity index (χ3v) is 14.2. The summed E-state index contributed by atoms with van der Waals surface area (Å²) in [7, 11) is 2.05. The van der Waals surface area contributed by atoms with Crippen LogP contribution in [-0.4, -0.2) is 83.9 Å². The van der Waals surface area contributed by atoms with Crippen LogP contribution in [0.3, 0.4) is 0 Å². The van der Waals surface area contributed by atoms with Crippen molar-refractivity contribution in [1.82, 2.24) is 4.90 Å². The second-order valence-corrected chi connectivity index (χ2v) is 16.8. The van der Waals surface area contributed by atoms with Crippen LogP contribution in [0.5, 0.6) is 0 Å². The van der Waals surface area contributed by atoms with Crippen LogP contribution in [0, 0.1) is 34.0 Å². The lowest BCUT2D eigenvalue weighted by atomic mass is 9.44. The lowest BCUT2D eigenvalue weighted by Crippen LogP contribution is -2.63. The summed E-state index contributed by atoms with van der Waals surface area (Å²) < 4.78 is 6.41. The molecule has 0 radical (unpaired) electrons. The first-order valence-corrected chi connectivity index (χ1v) is 18.4. The van der Waals surface area contributed by atoms with E-state index in [0.717, 1.165) is 38.1 Å². The summed E-state index contributed by atoms with van der Waals surface area (Å²) in [6.07, 6.45) is 4.14. The van der Waals surface area contributed by atoms with Gasteiger partial charge in [-0.05, 0) is 55.7 Å². The number of Topliss-reactive ketones (excluding diaryl/α,β-unsaturated/α-hetero) is 1. The number of carbonyl (C=O) groups excluding carboxylic acids is 2. The van der Waals surface area contributed by atoms with E-state index in [9.17, 15) is 24.3 Å². The Labute approximate surface area is 270 Å². The quantitative estimate of drug-likeness (QED) is 0.182. The number of aliphatic hydroxyl groups excluding tert-OH is 1. The van der Waals surface area contributed by atoms with Crippen molar-refractivity contribution in [2.24, 2.45) is 34.0 Å². The first-order chi connectivity index (χ1) is 20.7. The number of anilines is 1. The van der Waals surface area contributed by atoms with E-state index in [1.54, 1.807) is 0 Å². The topological polar surface area (TPSA) is 104 Å². The Morgan fingerprint density at radius 3 is 2.57 bits per heavy atom. The molecule has 1 N–H and O–H groups in total. The van der Waals surface area contributed by atoms with Gasteiger partial charge in [-0.25, -0.2) is 0 Å². The largest absolute Gasteiger partial charge is 0.461 e. The van der Waals surface area contributed by atoms with Crippen molar-refractivity contribution >= 4 is 41.0 Å². The molecule has 1 heterocycles. The Morgan fingerprint density at radius 2 is 1.89 bits per heavy atom. The summed E-state index contributed by atoms with van der Waals surface area (Å²) in [6.45, 7) is 16.7. The Balaban J connectivity index is 1.34. The fourth-order valence-electron chi connectivity index (χ4n) is 9.32. The molecular weight excluding hydrogens is 597 g/mol. The highest BCUT2D eigenvalue weighted by molar-refractivity contribution is 8.00. The van der Waals surface area contributed by atoms with Crippen molar-refractivity contribution in [1.29, 1.82) is 0 Å². The van der Waals surface area contributed by atoms with E-state index in [4.69, 9.17) is 4.74 Å². The Hall–Kier alpha value is -1.62. The number of piperazine rings is 1. The van der Waals surface area contributed by atoms with E-state index < -0.39 is 28.5 Å². The number of esters is 1.